The lowest BCUT2D eigenvalue weighted by Gasteiger charge is -1.98. The van der Waals surface area contributed by atoms with E-state index in [-0.39, 0.29) is 0 Å². The summed E-state index contributed by atoms with van der Waals surface area (Å²) in [6, 6.07) is 8.15. The number of rotatable bonds is 1. The van der Waals surface area contributed by atoms with Gasteiger partial charge in [0.2, 0.25) is 0 Å². The van der Waals surface area contributed by atoms with Crippen LogP contribution in [-0.4, -0.2) is 7.85 Å². The molecule has 0 nitrogen and oxygen atoms in total. The zero-order valence-electron chi connectivity index (χ0n) is 8.30. The summed E-state index contributed by atoms with van der Waals surface area (Å²) >= 11 is 0. The Morgan fingerprint density at radius 3 is 2.00 bits per heavy atom. The summed E-state index contributed by atoms with van der Waals surface area (Å²) in [6.07, 6.45) is 1.90. The third-order valence-electron chi connectivity index (χ3n) is 1.48. The van der Waals surface area contributed by atoms with E-state index >= 15 is 0 Å². The highest BCUT2D eigenvalue weighted by molar-refractivity contribution is 6.08. The van der Waals surface area contributed by atoms with Gasteiger partial charge in [-0.05, 0) is 12.5 Å². The van der Waals surface area contributed by atoms with Gasteiger partial charge in [-0.25, -0.2) is 0 Å². The Balaban J connectivity index is 0.000000354. The highest BCUT2D eigenvalue weighted by atomic mass is 13.9. The molecule has 0 bridgehead atoms. The van der Waals surface area contributed by atoms with Gasteiger partial charge in [0.15, 0.2) is 0 Å². The van der Waals surface area contributed by atoms with Crippen molar-refractivity contribution in [2.24, 2.45) is 0 Å². The molecule has 1 aromatic rings. The molecule has 0 amide bonds. The summed E-state index contributed by atoms with van der Waals surface area (Å²) in [5, 5.41) is 0. The van der Waals surface area contributed by atoms with Gasteiger partial charge in [-0.15, -0.1) is 0 Å². The zero-order valence-corrected chi connectivity index (χ0v) is 8.30. The minimum atomic E-state index is 0.646. The van der Waals surface area contributed by atoms with Crippen molar-refractivity contribution < 1.29 is 0 Å². The van der Waals surface area contributed by atoms with Gasteiger partial charge in [0.25, 0.3) is 0 Å². The van der Waals surface area contributed by atoms with Crippen molar-refractivity contribution >= 4 is 7.85 Å². The van der Waals surface area contributed by atoms with Crippen LogP contribution in [-0.2, 0) is 6.32 Å². The van der Waals surface area contributed by atoms with Crippen LogP contribution in [0.25, 0.3) is 0 Å². The van der Waals surface area contributed by atoms with E-state index in [9.17, 15) is 0 Å². The molecule has 0 heterocycles. The first-order valence-corrected chi connectivity index (χ1v) is 4.50. The molecule has 0 N–H and O–H groups in total. The van der Waals surface area contributed by atoms with Crippen molar-refractivity contribution in [3.8, 4) is 0 Å². The van der Waals surface area contributed by atoms with Crippen LogP contribution < -0.4 is 0 Å². The first kappa shape index (κ1) is 11.3. The first-order valence-electron chi connectivity index (χ1n) is 4.50. The van der Waals surface area contributed by atoms with Gasteiger partial charge in [-0.3, -0.25) is 0 Å². The molecule has 12 heavy (non-hydrogen) atoms. The smallest absolute Gasteiger partial charge is 0.0656 e. The standard InChI is InChI=1S/C8H9B.C3H8/c1-7-4-2-3-5-8(7)6-9;1-3-2/h2-5H,6H2,1H3;3H2,1-2H3. The average Bonchev–Trinajstić information content (AvgIpc) is 2.07. The zero-order chi connectivity index (χ0) is 9.40. The fourth-order valence-corrected chi connectivity index (χ4v) is 0.839. The fourth-order valence-electron chi connectivity index (χ4n) is 0.839. The molecule has 0 unspecified atom stereocenters. The van der Waals surface area contributed by atoms with Crippen LogP contribution in [0.15, 0.2) is 24.3 Å². The molecular formula is C11H17B. The molecule has 1 aromatic carbocycles. The van der Waals surface area contributed by atoms with Crippen molar-refractivity contribution in [2.75, 3.05) is 0 Å². The molecule has 0 aliphatic heterocycles. The van der Waals surface area contributed by atoms with Crippen LogP contribution in [0.3, 0.4) is 0 Å². The largest absolute Gasteiger partial charge is 0.0716 e. The Morgan fingerprint density at radius 1 is 1.17 bits per heavy atom. The maximum Gasteiger partial charge on any atom is 0.0716 e. The molecule has 0 aliphatic carbocycles. The van der Waals surface area contributed by atoms with E-state index < -0.39 is 0 Å². The fraction of sp³-hybridized carbons (Fsp3) is 0.455. The van der Waals surface area contributed by atoms with Crippen LogP contribution in [0.1, 0.15) is 31.4 Å². The minimum absolute atomic E-state index is 0.646. The maximum absolute atomic E-state index is 5.45. The van der Waals surface area contributed by atoms with E-state index in [4.69, 9.17) is 7.85 Å². The van der Waals surface area contributed by atoms with E-state index in [0.717, 1.165) is 0 Å². The highest BCUT2D eigenvalue weighted by Crippen LogP contribution is 2.04. The molecule has 1 rings (SSSR count). The Kier molecular flexibility index (Phi) is 6.55. The predicted octanol–water partition coefficient (Wildman–Crippen LogP) is 3.08. The summed E-state index contributed by atoms with van der Waals surface area (Å²) in [5.74, 6) is 0. The van der Waals surface area contributed by atoms with Crippen molar-refractivity contribution in [3.05, 3.63) is 35.4 Å². The topological polar surface area (TPSA) is 0 Å². The van der Waals surface area contributed by atoms with E-state index in [1.54, 1.807) is 0 Å². The third-order valence-corrected chi connectivity index (χ3v) is 1.48. The molecule has 1 heteroatoms. The van der Waals surface area contributed by atoms with E-state index in [1.165, 1.54) is 17.5 Å². The quantitative estimate of drug-likeness (QED) is 0.553. The Morgan fingerprint density at radius 2 is 1.67 bits per heavy atom. The van der Waals surface area contributed by atoms with Crippen LogP contribution in [0.5, 0.6) is 0 Å². The minimum Gasteiger partial charge on any atom is -0.0656 e. The average molecular weight is 160 g/mol. The SMILES string of the molecule is CCC.[B]Cc1ccccc1C. The second-order valence-corrected chi connectivity index (χ2v) is 2.84. The summed E-state index contributed by atoms with van der Waals surface area (Å²) in [5.41, 5.74) is 2.51. The first-order chi connectivity index (χ1) is 5.76. The van der Waals surface area contributed by atoms with Gasteiger partial charge < -0.3 is 0 Å². The molecule has 0 aliphatic rings. The molecular weight excluding hydrogens is 143 g/mol. The molecule has 2 radical (unpaired) electrons. The van der Waals surface area contributed by atoms with Gasteiger partial charge in [-0.1, -0.05) is 56.4 Å². The van der Waals surface area contributed by atoms with Crippen molar-refractivity contribution in [1.82, 2.24) is 0 Å². The van der Waals surface area contributed by atoms with Gasteiger partial charge in [0, 0.05) is 0 Å². The molecule has 0 fully saturated rings. The monoisotopic (exact) mass is 160 g/mol. The molecule has 64 valence electrons. The van der Waals surface area contributed by atoms with E-state index in [0.29, 0.717) is 6.32 Å². The van der Waals surface area contributed by atoms with Gasteiger partial charge in [0.1, 0.15) is 0 Å². The van der Waals surface area contributed by atoms with E-state index in [1.807, 2.05) is 12.1 Å². The third kappa shape index (κ3) is 4.22. The number of hydrogen-bond donors (Lipinski definition) is 0. The summed E-state index contributed by atoms with van der Waals surface area (Å²) in [4.78, 5) is 0. The van der Waals surface area contributed by atoms with Crippen molar-refractivity contribution in [2.45, 2.75) is 33.5 Å². The summed E-state index contributed by atoms with van der Waals surface area (Å²) in [6.45, 7) is 6.32. The Labute approximate surface area is 77.4 Å². The van der Waals surface area contributed by atoms with Gasteiger partial charge in [0.05, 0.1) is 7.85 Å². The second-order valence-electron chi connectivity index (χ2n) is 2.84. The second kappa shape index (κ2) is 6.96. The van der Waals surface area contributed by atoms with Crippen LogP contribution >= 0.6 is 0 Å². The molecule has 0 spiro atoms. The lowest BCUT2D eigenvalue weighted by molar-refractivity contribution is 1.09. The van der Waals surface area contributed by atoms with Crippen molar-refractivity contribution in [1.29, 1.82) is 0 Å². The number of hydrogen-bond acceptors (Lipinski definition) is 0. The Hall–Kier alpha value is -0.715. The lowest BCUT2D eigenvalue weighted by atomic mass is 9.94. The predicted molar refractivity (Wildman–Crippen MR) is 56.6 cm³/mol. The van der Waals surface area contributed by atoms with Crippen LogP contribution in [0, 0.1) is 6.92 Å². The molecule has 0 saturated heterocycles. The van der Waals surface area contributed by atoms with E-state index in [2.05, 4.69) is 32.9 Å². The van der Waals surface area contributed by atoms with Crippen LogP contribution in [0.2, 0.25) is 0 Å². The molecule has 0 saturated carbocycles. The van der Waals surface area contributed by atoms with Crippen molar-refractivity contribution in [3.63, 3.8) is 0 Å². The number of aryl methyl sites for hydroxylation is 1. The normalized spacial score (nSPS) is 8.58. The van der Waals surface area contributed by atoms with Gasteiger partial charge in [-0.2, -0.15) is 0 Å². The summed E-state index contributed by atoms with van der Waals surface area (Å²) in [7, 11) is 5.45. The van der Waals surface area contributed by atoms with Gasteiger partial charge >= 0.3 is 0 Å². The highest BCUT2D eigenvalue weighted by Gasteiger charge is 1.89. The molecule has 0 atom stereocenters. The Bertz CT molecular complexity index is 206. The summed E-state index contributed by atoms with van der Waals surface area (Å²) < 4.78 is 0. The maximum atomic E-state index is 5.45. The number of benzene rings is 1. The van der Waals surface area contributed by atoms with Crippen LogP contribution in [0.4, 0.5) is 0 Å². The molecule has 0 aromatic heterocycles. The lowest BCUT2D eigenvalue weighted by Crippen LogP contribution is -1.86.